The van der Waals surface area contributed by atoms with Crippen LogP contribution in [0, 0.1) is 0 Å². The van der Waals surface area contributed by atoms with Crippen molar-refractivity contribution in [2.75, 3.05) is 18.8 Å². The molecular formula is C23H37N5O2S. The average molecular weight is 448 g/mol. The van der Waals surface area contributed by atoms with Crippen molar-refractivity contribution in [1.82, 2.24) is 26.3 Å². The van der Waals surface area contributed by atoms with Gasteiger partial charge in [-0.2, -0.15) is 0 Å². The Balaban J connectivity index is 1.53. The minimum absolute atomic E-state index is 0.0764. The molecule has 7 nitrogen and oxygen atoms in total. The molecule has 2 heterocycles. The molecule has 2 bridgehead atoms. The van der Waals surface area contributed by atoms with Crippen LogP contribution < -0.4 is 21.3 Å². The van der Waals surface area contributed by atoms with Crippen LogP contribution in [0.25, 0.3) is 0 Å². The summed E-state index contributed by atoms with van der Waals surface area (Å²) in [6, 6.07) is 6.03. The van der Waals surface area contributed by atoms with Gasteiger partial charge in [0, 0.05) is 55.2 Å². The average Bonchev–Trinajstić information content (AvgIpc) is 2.79. The predicted octanol–water partition coefficient (Wildman–Crippen LogP) is 2.25. The molecular weight excluding hydrogens is 410 g/mol. The Hall–Kier alpha value is -1.19. The predicted molar refractivity (Wildman–Crippen MR) is 124 cm³/mol. The molecule has 0 aromatic carbocycles. The molecule has 1 aliphatic heterocycles. The minimum Gasteiger partial charge on any atom is -0.481 e. The summed E-state index contributed by atoms with van der Waals surface area (Å²) in [6.07, 6.45) is 9.96. The monoisotopic (exact) mass is 447 g/mol. The van der Waals surface area contributed by atoms with Crippen molar-refractivity contribution < 1.29 is 9.90 Å². The Morgan fingerprint density at radius 3 is 1.74 bits per heavy atom. The second-order valence-corrected chi connectivity index (χ2v) is 10.2. The maximum atomic E-state index is 11.1. The number of rotatable bonds is 3. The van der Waals surface area contributed by atoms with E-state index in [-0.39, 0.29) is 5.75 Å². The molecule has 0 amide bonds. The van der Waals surface area contributed by atoms with Gasteiger partial charge in [0.2, 0.25) is 0 Å². The number of pyridine rings is 1. The summed E-state index contributed by atoms with van der Waals surface area (Å²) in [5.41, 5.74) is 2.01. The van der Waals surface area contributed by atoms with Gasteiger partial charge in [-0.25, -0.2) is 0 Å². The summed E-state index contributed by atoms with van der Waals surface area (Å²) in [6.45, 7) is 3.46. The zero-order chi connectivity index (χ0) is 21.5. The molecule has 2 aliphatic carbocycles. The van der Waals surface area contributed by atoms with Crippen molar-refractivity contribution in [2.45, 2.75) is 93.5 Å². The van der Waals surface area contributed by atoms with E-state index >= 15 is 0 Å². The van der Waals surface area contributed by atoms with Crippen molar-refractivity contribution in [3.63, 3.8) is 0 Å². The van der Waals surface area contributed by atoms with Gasteiger partial charge in [-0.3, -0.25) is 9.78 Å². The Bertz CT molecular complexity index is 686. The summed E-state index contributed by atoms with van der Waals surface area (Å²) in [7, 11) is 0. The second-order valence-electron chi connectivity index (χ2n) is 9.13. The minimum atomic E-state index is -0.785. The van der Waals surface area contributed by atoms with Crippen molar-refractivity contribution in [1.29, 1.82) is 0 Å². The maximum absolute atomic E-state index is 11.1. The van der Waals surface area contributed by atoms with E-state index in [0.29, 0.717) is 24.2 Å². The largest absolute Gasteiger partial charge is 0.481 e. The lowest BCUT2D eigenvalue weighted by Crippen LogP contribution is -2.53. The fourth-order valence-corrected chi connectivity index (χ4v) is 5.98. The van der Waals surface area contributed by atoms with Gasteiger partial charge in [-0.15, -0.1) is 11.8 Å². The number of nitrogens with one attached hydrogen (secondary N) is 4. The van der Waals surface area contributed by atoms with Crippen molar-refractivity contribution >= 4 is 17.7 Å². The van der Waals surface area contributed by atoms with Crippen LogP contribution in [0.5, 0.6) is 0 Å². The third-order valence-electron chi connectivity index (χ3n) is 6.83. The number of thioether (sulfide) groups is 1. The molecule has 0 radical (unpaired) electrons. The molecule has 4 rings (SSSR count). The van der Waals surface area contributed by atoms with Gasteiger partial charge in [0.05, 0.1) is 17.1 Å². The van der Waals surface area contributed by atoms with Gasteiger partial charge < -0.3 is 26.4 Å². The molecule has 5 N–H and O–H groups in total. The lowest BCUT2D eigenvalue weighted by Gasteiger charge is -2.34. The Morgan fingerprint density at radius 1 is 0.839 bits per heavy atom. The summed E-state index contributed by atoms with van der Waals surface area (Å²) in [5.74, 6) is -0.709. The molecule has 31 heavy (non-hydrogen) atoms. The number of hydrogen-bond acceptors (Lipinski definition) is 7. The zero-order valence-corrected chi connectivity index (χ0v) is 19.2. The first-order valence-corrected chi connectivity index (χ1v) is 12.9. The first-order chi connectivity index (χ1) is 15.2. The standard InChI is InChI=1S/C23H37N5O2S/c29-23(30)15-31-18-11-16-13-26-21-7-3-1-5-19(21)24-9-10-25-20-6-2-4-8-22(20)27-14-17(12-18)28-16/h11-12,19-22,24-27H,1-10,13-15H2,(H,29,30)/t19-,20?,21-,22?/m1/s1. The summed E-state index contributed by atoms with van der Waals surface area (Å²) in [5, 5.41) is 24.2. The number of nitrogens with zero attached hydrogens (tertiary/aromatic N) is 1. The molecule has 3 aliphatic rings. The fraction of sp³-hybridized carbons (Fsp3) is 0.739. The van der Waals surface area contributed by atoms with E-state index in [4.69, 9.17) is 10.1 Å². The van der Waals surface area contributed by atoms with Gasteiger partial charge in [-0.05, 0) is 37.8 Å². The number of hydrogen-bond donors (Lipinski definition) is 5. The highest BCUT2D eigenvalue weighted by Crippen LogP contribution is 2.23. The van der Waals surface area contributed by atoms with Gasteiger partial charge in [0.25, 0.3) is 0 Å². The van der Waals surface area contributed by atoms with Crippen molar-refractivity contribution in [3.8, 4) is 0 Å². The molecule has 8 heteroatoms. The molecule has 0 saturated heterocycles. The Kier molecular flexibility index (Phi) is 8.61. The third-order valence-corrected chi connectivity index (χ3v) is 7.79. The van der Waals surface area contributed by atoms with E-state index in [0.717, 1.165) is 42.5 Å². The number of carboxylic acid groups (broad SMARTS) is 1. The van der Waals surface area contributed by atoms with Gasteiger partial charge in [-0.1, -0.05) is 25.7 Å². The molecule has 2 saturated carbocycles. The fourth-order valence-electron chi connectivity index (χ4n) is 5.25. The van der Waals surface area contributed by atoms with E-state index in [9.17, 15) is 4.79 Å². The topological polar surface area (TPSA) is 98.3 Å². The molecule has 2 fully saturated rings. The van der Waals surface area contributed by atoms with Crippen LogP contribution in [-0.2, 0) is 17.9 Å². The quantitative estimate of drug-likeness (QED) is 0.450. The van der Waals surface area contributed by atoms with E-state index in [1.54, 1.807) is 0 Å². The number of fused-ring (bicyclic) bond motifs is 4. The molecule has 1 aromatic rings. The summed E-state index contributed by atoms with van der Waals surface area (Å²) in [4.78, 5) is 17.0. The molecule has 0 spiro atoms. The van der Waals surface area contributed by atoms with Crippen LogP contribution in [0.1, 0.15) is 62.8 Å². The highest BCUT2D eigenvalue weighted by molar-refractivity contribution is 8.00. The lowest BCUT2D eigenvalue weighted by atomic mass is 9.89. The number of aliphatic carboxylic acids is 1. The van der Waals surface area contributed by atoms with Crippen molar-refractivity contribution in [2.24, 2.45) is 0 Å². The zero-order valence-electron chi connectivity index (χ0n) is 18.4. The van der Waals surface area contributed by atoms with Crippen LogP contribution in [0.15, 0.2) is 17.0 Å². The Labute approximate surface area is 189 Å². The van der Waals surface area contributed by atoms with Crippen LogP contribution >= 0.6 is 11.8 Å². The normalized spacial score (nSPS) is 30.3. The van der Waals surface area contributed by atoms with Crippen LogP contribution in [0.3, 0.4) is 0 Å². The molecule has 4 atom stereocenters. The number of carbonyl (C=O) groups is 1. The molecule has 2 unspecified atom stereocenters. The number of carboxylic acids is 1. The maximum Gasteiger partial charge on any atom is 0.313 e. The van der Waals surface area contributed by atoms with Crippen molar-refractivity contribution in [3.05, 3.63) is 23.5 Å². The molecule has 172 valence electrons. The summed E-state index contributed by atoms with van der Waals surface area (Å²) >= 11 is 1.38. The van der Waals surface area contributed by atoms with E-state index in [2.05, 4.69) is 33.4 Å². The van der Waals surface area contributed by atoms with Crippen LogP contribution in [0.2, 0.25) is 0 Å². The van der Waals surface area contributed by atoms with Gasteiger partial charge in [0.15, 0.2) is 0 Å². The first kappa shape index (κ1) is 23.0. The Morgan fingerprint density at radius 2 is 1.29 bits per heavy atom. The van der Waals surface area contributed by atoms with Crippen LogP contribution in [0.4, 0.5) is 0 Å². The van der Waals surface area contributed by atoms with Gasteiger partial charge >= 0.3 is 5.97 Å². The van der Waals surface area contributed by atoms with Crippen LogP contribution in [-0.4, -0.2) is 59.1 Å². The van der Waals surface area contributed by atoms with E-state index in [1.807, 2.05) is 0 Å². The highest BCUT2D eigenvalue weighted by atomic mass is 32.2. The smallest absolute Gasteiger partial charge is 0.313 e. The van der Waals surface area contributed by atoms with E-state index in [1.165, 1.54) is 63.1 Å². The second kappa shape index (κ2) is 11.6. The SMILES string of the molecule is O=C(O)CSc1cc2nc(c1)CN[C@@H]1CCCC[C@H]1NCCNC1CCCCC1NC2. The third kappa shape index (κ3) is 6.89. The van der Waals surface area contributed by atoms with Gasteiger partial charge in [0.1, 0.15) is 0 Å². The van der Waals surface area contributed by atoms with E-state index < -0.39 is 5.97 Å². The first-order valence-electron chi connectivity index (χ1n) is 12.0. The number of aromatic nitrogens is 1. The molecule has 1 aromatic heterocycles. The lowest BCUT2D eigenvalue weighted by molar-refractivity contribution is -0.133. The summed E-state index contributed by atoms with van der Waals surface area (Å²) < 4.78 is 0. The highest BCUT2D eigenvalue weighted by Gasteiger charge is 2.26.